The number of rotatable bonds is 6. The molecule has 1 saturated carbocycles. The van der Waals surface area contributed by atoms with Crippen LogP contribution in [0.25, 0.3) is 0 Å². The summed E-state index contributed by atoms with van der Waals surface area (Å²) in [4.78, 5) is 12.5. The number of nitrogens with one attached hydrogen (secondary N) is 2. The third-order valence-corrected chi connectivity index (χ3v) is 5.58. The summed E-state index contributed by atoms with van der Waals surface area (Å²) in [7, 11) is 0. The highest BCUT2D eigenvalue weighted by Crippen LogP contribution is 2.46. The molecule has 1 aliphatic heterocycles. The van der Waals surface area contributed by atoms with E-state index in [1.807, 2.05) is 29.1 Å². The predicted molar refractivity (Wildman–Crippen MR) is 97.5 cm³/mol. The first kappa shape index (κ1) is 16.3. The zero-order valence-corrected chi connectivity index (χ0v) is 14.6. The molecule has 1 aliphatic carbocycles. The number of hydrogen-bond acceptors (Lipinski definition) is 3. The second-order valence-corrected chi connectivity index (χ2v) is 7.55. The van der Waals surface area contributed by atoms with Crippen molar-refractivity contribution in [2.45, 2.75) is 38.1 Å². The maximum atomic E-state index is 12.5. The van der Waals surface area contributed by atoms with Gasteiger partial charge in [-0.1, -0.05) is 12.1 Å². The molecule has 4 rings (SSSR count). The van der Waals surface area contributed by atoms with E-state index >= 15 is 0 Å². The molecule has 2 fully saturated rings. The van der Waals surface area contributed by atoms with Gasteiger partial charge in [-0.25, -0.2) is 0 Å². The van der Waals surface area contributed by atoms with Gasteiger partial charge in [-0.15, -0.1) is 0 Å². The minimum absolute atomic E-state index is 0.0278. The van der Waals surface area contributed by atoms with Crippen molar-refractivity contribution in [3.05, 3.63) is 53.9 Å². The molecule has 1 aromatic carbocycles. The van der Waals surface area contributed by atoms with Crippen LogP contribution < -0.4 is 10.6 Å². The molecule has 2 heterocycles. The van der Waals surface area contributed by atoms with Crippen LogP contribution in [0.4, 0.5) is 0 Å². The highest BCUT2D eigenvalue weighted by molar-refractivity contribution is 5.94. The van der Waals surface area contributed by atoms with Crippen molar-refractivity contribution >= 4 is 5.91 Å². The van der Waals surface area contributed by atoms with Crippen LogP contribution in [-0.4, -0.2) is 35.3 Å². The second-order valence-electron chi connectivity index (χ2n) is 7.55. The van der Waals surface area contributed by atoms with Crippen LogP contribution in [0.1, 0.15) is 47.5 Å². The molecule has 132 valence electrons. The summed E-state index contributed by atoms with van der Waals surface area (Å²) < 4.78 is 1.96. The van der Waals surface area contributed by atoms with Crippen LogP contribution >= 0.6 is 0 Å². The van der Waals surface area contributed by atoms with Gasteiger partial charge in [-0.05, 0) is 61.9 Å². The molecule has 0 spiro atoms. The summed E-state index contributed by atoms with van der Waals surface area (Å²) in [6.45, 7) is 3.77. The average molecular weight is 338 g/mol. The quantitative estimate of drug-likeness (QED) is 0.851. The summed E-state index contributed by atoms with van der Waals surface area (Å²) in [5.41, 5.74) is 2.28. The molecule has 5 nitrogen and oxygen atoms in total. The highest BCUT2D eigenvalue weighted by atomic mass is 16.1. The molecule has 1 atom stereocenters. The maximum absolute atomic E-state index is 12.5. The summed E-state index contributed by atoms with van der Waals surface area (Å²) in [6, 6.07) is 10.1. The van der Waals surface area contributed by atoms with Gasteiger partial charge in [0.15, 0.2) is 0 Å². The second kappa shape index (κ2) is 7.00. The number of piperidine rings is 1. The molecule has 2 aromatic rings. The number of nitrogens with zero attached hydrogens (tertiary/aromatic N) is 2. The van der Waals surface area contributed by atoms with Crippen molar-refractivity contribution in [3.63, 3.8) is 0 Å². The number of hydrogen-bond donors (Lipinski definition) is 2. The van der Waals surface area contributed by atoms with E-state index in [0.29, 0.717) is 5.92 Å². The summed E-state index contributed by atoms with van der Waals surface area (Å²) in [6.07, 6.45) is 8.56. The third-order valence-electron chi connectivity index (χ3n) is 5.58. The van der Waals surface area contributed by atoms with E-state index in [9.17, 15) is 4.79 Å². The lowest BCUT2D eigenvalue weighted by molar-refractivity contribution is 0.0942. The minimum atomic E-state index is 0.0278. The number of carbonyl (C=O) groups is 1. The van der Waals surface area contributed by atoms with Crippen molar-refractivity contribution in [2.24, 2.45) is 5.41 Å². The average Bonchev–Trinajstić information content (AvgIpc) is 3.24. The third kappa shape index (κ3) is 3.93. The molecule has 1 amide bonds. The fourth-order valence-corrected chi connectivity index (χ4v) is 3.72. The fraction of sp³-hybridized carbons (Fsp3) is 0.500. The van der Waals surface area contributed by atoms with Crippen LogP contribution in [0.15, 0.2) is 42.7 Å². The first-order valence-corrected chi connectivity index (χ1v) is 9.30. The Bertz CT molecular complexity index is 698. The van der Waals surface area contributed by atoms with Crippen LogP contribution in [0.2, 0.25) is 0 Å². The SMILES string of the molecule is O=C(NCC1(Cn2cccn2)CC1)c1ccc(C2CCCNC2)cc1. The lowest BCUT2D eigenvalue weighted by atomic mass is 9.91. The van der Waals surface area contributed by atoms with E-state index in [-0.39, 0.29) is 11.3 Å². The lowest BCUT2D eigenvalue weighted by Gasteiger charge is -2.23. The zero-order valence-electron chi connectivity index (χ0n) is 14.6. The molecule has 25 heavy (non-hydrogen) atoms. The summed E-state index contributed by atoms with van der Waals surface area (Å²) >= 11 is 0. The standard InChI is InChI=1S/C20H26N4O/c25-19(22-14-20(8-9-20)15-24-12-2-11-23-24)17-6-4-16(5-7-17)18-3-1-10-21-13-18/h2,4-7,11-12,18,21H,1,3,8-10,13-15H2,(H,22,25). The Kier molecular flexibility index (Phi) is 4.57. The lowest BCUT2D eigenvalue weighted by Crippen LogP contribution is -2.32. The Balaban J connectivity index is 1.32. The van der Waals surface area contributed by atoms with Crippen LogP contribution in [0.3, 0.4) is 0 Å². The Morgan fingerprint density at radius 2 is 2.16 bits per heavy atom. The van der Waals surface area contributed by atoms with Crippen molar-refractivity contribution in [1.29, 1.82) is 0 Å². The predicted octanol–water partition coefficient (Wildman–Crippen LogP) is 2.56. The first-order valence-electron chi connectivity index (χ1n) is 9.30. The van der Waals surface area contributed by atoms with Crippen molar-refractivity contribution < 1.29 is 4.79 Å². The smallest absolute Gasteiger partial charge is 0.251 e. The van der Waals surface area contributed by atoms with E-state index in [4.69, 9.17) is 0 Å². The first-order chi connectivity index (χ1) is 12.2. The Labute approximate surface area is 148 Å². The number of amides is 1. The monoisotopic (exact) mass is 338 g/mol. The van der Waals surface area contributed by atoms with E-state index in [0.717, 1.165) is 44.6 Å². The molecule has 1 unspecified atom stereocenters. The normalized spacial score (nSPS) is 21.7. The van der Waals surface area contributed by atoms with Gasteiger partial charge in [-0.2, -0.15) is 5.10 Å². The van der Waals surface area contributed by atoms with E-state index in [1.54, 1.807) is 6.20 Å². The number of aromatic nitrogens is 2. The van der Waals surface area contributed by atoms with Gasteiger partial charge in [0.05, 0.1) is 0 Å². The van der Waals surface area contributed by atoms with Gasteiger partial charge < -0.3 is 10.6 Å². The van der Waals surface area contributed by atoms with Crippen molar-refractivity contribution in [2.75, 3.05) is 19.6 Å². The zero-order chi connectivity index (χ0) is 17.1. The Morgan fingerprint density at radius 3 is 2.80 bits per heavy atom. The van der Waals surface area contributed by atoms with Gasteiger partial charge in [0.1, 0.15) is 0 Å². The van der Waals surface area contributed by atoms with Gasteiger partial charge >= 0.3 is 0 Å². The van der Waals surface area contributed by atoms with E-state index < -0.39 is 0 Å². The molecule has 0 radical (unpaired) electrons. The van der Waals surface area contributed by atoms with E-state index in [2.05, 4.69) is 27.9 Å². The summed E-state index contributed by atoms with van der Waals surface area (Å²) in [5, 5.41) is 10.8. The van der Waals surface area contributed by atoms with E-state index in [1.165, 1.54) is 18.4 Å². The molecular formula is C20H26N4O. The molecule has 1 saturated heterocycles. The fourth-order valence-electron chi connectivity index (χ4n) is 3.72. The van der Waals surface area contributed by atoms with Gasteiger partial charge in [0.25, 0.3) is 5.91 Å². The van der Waals surface area contributed by atoms with Crippen LogP contribution in [0, 0.1) is 5.41 Å². The van der Waals surface area contributed by atoms with Gasteiger partial charge in [0, 0.05) is 43.0 Å². The minimum Gasteiger partial charge on any atom is -0.351 e. The molecule has 2 N–H and O–H groups in total. The summed E-state index contributed by atoms with van der Waals surface area (Å²) in [5.74, 6) is 0.606. The maximum Gasteiger partial charge on any atom is 0.251 e. The Hall–Kier alpha value is -2.14. The number of benzene rings is 1. The largest absolute Gasteiger partial charge is 0.351 e. The van der Waals surface area contributed by atoms with Crippen molar-refractivity contribution in [3.8, 4) is 0 Å². The molecule has 1 aromatic heterocycles. The van der Waals surface area contributed by atoms with Gasteiger partial charge in [-0.3, -0.25) is 9.48 Å². The molecular weight excluding hydrogens is 312 g/mol. The Morgan fingerprint density at radius 1 is 1.32 bits per heavy atom. The van der Waals surface area contributed by atoms with Crippen LogP contribution in [-0.2, 0) is 6.54 Å². The topological polar surface area (TPSA) is 59.0 Å². The highest BCUT2D eigenvalue weighted by Gasteiger charge is 2.43. The van der Waals surface area contributed by atoms with Gasteiger partial charge in [0.2, 0.25) is 0 Å². The molecule has 5 heteroatoms. The number of carbonyl (C=O) groups excluding carboxylic acids is 1. The molecule has 2 aliphatic rings. The van der Waals surface area contributed by atoms with Crippen molar-refractivity contribution in [1.82, 2.24) is 20.4 Å². The molecule has 0 bridgehead atoms. The van der Waals surface area contributed by atoms with Crippen LogP contribution in [0.5, 0.6) is 0 Å².